The first kappa shape index (κ1) is 19.1. The second kappa shape index (κ2) is 8.35. The number of benzene rings is 2. The fourth-order valence-corrected chi connectivity index (χ4v) is 4.22. The van der Waals surface area contributed by atoms with E-state index in [1.807, 2.05) is 35.8 Å². The van der Waals surface area contributed by atoms with Crippen molar-refractivity contribution in [2.24, 2.45) is 4.99 Å². The third kappa shape index (κ3) is 4.19. The first-order valence-corrected chi connectivity index (χ1v) is 9.81. The molecule has 0 saturated heterocycles. The van der Waals surface area contributed by atoms with Crippen LogP contribution < -0.4 is 9.54 Å². The summed E-state index contributed by atoms with van der Waals surface area (Å²) in [6, 6.07) is 12.2. The highest BCUT2D eigenvalue weighted by Gasteiger charge is 2.09. The third-order valence-electron chi connectivity index (χ3n) is 4.50. The molecule has 0 N–H and O–H groups in total. The van der Waals surface area contributed by atoms with Gasteiger partial charge in [-0.15, -0.1) is 6.58 Å². The Bertz CT molecular complexity index is 1060. The van der Waals surface area contributed by atoms with Crippen LogP contribution in [0.4, 0.5) is 0 Å². The Morgan fingerprint density at radius 1 is 1.26 bits per heavy atom. The van der Waals surface area contributed by atoms with Crippen LogP contribution >= 0.6 is 11.3 Å². The predicted octanol–water partition coefficient (Wildman–Crippen LogP) is 4.44. The van der Waals surface area contributed by atoms with Gasteiger partial charge in [-0.2, -0.15) is 4.99 Å². The first-order valence-electron chi connectivity index (χ1n) is 9.00. The number of carbonyl (C=O) groups excluding carboxylic acids is 1. The topological polar surface area (TPSA) is 43.6 Å². The molecule has 27 heavy (non-hydrogen) atoms. The van der Waals surface area contributed by atoms with Crippen LogP contribution in [-0.2, 0) is 24.2 Å². The Balaban J connectivity index is 1.96. The van der Waals surface area contributed by atoms with Crippen LogP contribution in [0.15, 0.2) is 54.0 Å². The highest BCUT2D eigenvalue weighted by atomic mass is 32.1. The summed E-state index contributed by atoms with van der Waals surface area (Å²) in [6.07, 6.45) is 3.08. The van der Waals surface area contributed by atoms with E-state index in [1.54, 1.807) is 18.4 Å². The molecule has 2 aromatic carbocycles. The quantitative estimate of drug-likeness (QED) is 0.594. The van der Waals surface area contributed by atoms with Crippen molar-refractivity contribution in [2.75, 3.05) is 7.11 Å². The molecule has 3 rings (SSSR count). The number of hydrogen-bond donors (Lipinski definition) is 0. The molecule has 1 aromatic heterocycles. The van der Waals surface area contributed by atoms with Crippen molar-refractivity contribution < 1.29 is 9.53 Å². The molecule has 140 valence electrons. The smallest absolute Gasteiger partial charge is 0.252 e. The zero-order valence-electron chi connectivity index (χ0n) is 16.0. The summed E-state index contributed by atoms with van der Waals surface area (Å²) in [6.45, 7) is 8.57. The van der Waals surface area contributed by atoms with Crippen molar-refractivity contribution in [3.8, 4) is 5.75 Å². The Hall–Kier alpha value is -2.66. The van der Waals surface area contributed by atoms with Gasteiger partial charge in [-0.1, -0.05) is 42.5 Å². The number of rotatable bonds is 6. The van der Waals surface area contributed by atoms with Crippen LogP contribution in [0.2, 0.25) is 0 Å². The number of fused-ring (bicyclic) bond motifs is 1. The van der Waals surface area contributed by atoms with Crippen molar-refractivity contribution in [3.05, 3.63) is 70.5 Å². The Morgan fingerprint density at radius 2 is 2.04 bits per heavy atom. The zero-order chi connectivity index (χ0) is 19.4. The van der Waals surface area contributed by atoms with Gasteiger partial charge in [0.15, 0.2) is 4.80 Å². The van der Waals surface area contributed by atoms with E-state index in [4.69, 9.17) is 4.74 Å². The van der Waals surface area contributed by atoms with Crippen molar-refractivity contribution in [1.29, 1.82) is 0 Å². The van der Waals surface area contributed by atoms with Crippen LogP contribution in [0.1, 0.15) is 23.6 Å². The van der Waals surface area contributed by atoms with Gasteiger partial charge in [0, 0.05) is 6.54 Å². The maximum absolute atomic E-state index is 12.6. The molecule has 3 aromatic rings. The minimum atomic E-state index is -0.153. The van der Waals surface area contributed by atoms with Crippen molar-refractivity contribution in [2.45, 2.75) is 33.2 Å². The molecule has 4 nitrogen and oxygen atoms in total. The molecule has 0 aliphatic heterocycles. The molecule has 0 spiro atoms. The zero-order valence-corrected chi connectivity index (χ0v) is 16.8. The molecule has 0 saturated carbocycles. The summed E-state index contributed by atoms with van der Waals surface area (Å²) in [5.74, 6) is 0.669. The summed E-state index contributed by atoms with van der Waals surface area (Å²) in [4.78, 5) is 17.7. The molecule has 0 aliphatic carbocycles. The number of aromatic nitrogens is 1. The fourth-order valence-electron chi connectivity index (χ4n) is 3.10. The van der Waals surface area contributed by atoms with Gasteiger partial charge in [0.25, 0.3) is 5.91 Å². The standard InChI is InChI=1S/C22H24N2O2S/c1-5-11-24-18-9-7-16(6-2)13-20(18)27-22(24)23-21(25)14-17-8-10-19(26-4)15(3)12-17/h5,7-10,12-13H,1,6,11,14H2,2-4H3. The van der Waals surface area contributed by atoms with E-state index in [-0.39, 0.29) is 12.3 Å². The van der Waals surface area contributed by atoms with Crippen LogP contribution in [0.5, 0.6) is 5.75 Å². The van der Waals surface area contributed by atoms with E-state index in [9.17, 15) is 4.79 Å². The number of ether oxygens (including phenoxy) is 1. The lowest BCUT2D eigenvalue weighted by atomic mass is 10.1. The summed E-state index contributed by atoms with van der Waals surface area (Å²) in [7, 11) is 1.65. The van der Waals surface area contributed by atoms with Gasteiger partial charge in [-0.3, -0.25) is 4.79 Å². The number of methoxy groups -OCH3 is 1. The summed E-state index contributed by atoms with van der Waals surface area (Å²) in [5, 5.41) is 0. The van der Waals surface area contributed by atoms with E-state index in [2.05, 4.69) is 36.7 Å². The second-order valence-electron chi connectivity index (χ2n) is 6.43. The number of hydrogen-bond acceptors (Lipinski definition) is 3. The normalized spacial score (nSPS) is 11.7. The number of nitrogens with zero attached hydrogens (tertiary/aromatic N) is 2. The summed E-state index contributed by atoms with van der Waals surface area (Å²) < 4.78 is 8.46. The van der Waals surface area contributed by atoms with E-state index in [0.29, 0.717) is 11.3 Å². The first-order chi connectivity index (χ1) is 13.0. The number of thiazole rings is 1. The average Bonchev–Trinajstić information content (AvgIpc) is 2.98. The molecular weight excluding hydrogens is 356 g/mol. The maximum atomic E-state index is 12.6. The Morgan fingerprint density at radius 3 is 2.70 bits per heavy atom. The Labute approximate surface area is 163 Å². The molecule has 0 bridgehead atoms. The highest BCUT2D eigenvalue weighted by molar-refractivity contribution is 7.16. The van der Waals surface area contributed by atoms with Crippen LogP contribution in [0.3, 0.4) is 0 Å². The van der Waals surface area contributed by atoms with Crippen LogP contribution in [-0.4, -0.2) is 17.6 Å². The average molecular weight is 381 g/mol. The van der Waals surface area contributed by atoms with E-state index in [1.165, 1.54) is 5.56 Å². The predicted molar refractivity (Wildman–Crippen MR) is 111 cm³/mol. The van der Waals surface area contributed by atoms with Crippen LogP contribution in [0.25, 0.3) is 10.2 Å². The van der Waals surface area contributed by atoms with E-state index >= 15 is 0 Å². The molecule has 0 atom stereocenters. The maximum Gasteiger partial charge on any atom is 0.252 e. The van der Waals surface area contributed by atoms with Crippen LogP contribution in [0, 0.1) is 6.92 Å². The second-order valence-corrected chi connectivity index (χ2v) is 7.43. The Kier molecular flexibility index (Phi) is 5.91. The highest BCUT2D eigenvalue weighted by Crippen LogP contribution is 2.21. The molecule has 0 fully saturated rings. The third-order valence-corrected chi connectivity index (χ3v) is 5.54. The fraction of sp³-hybridized carbons (Fsp3) is 0.273. The van der Waals surface area contributed by atoms with Gasteiger partial charge in [0.1, 0.15) is 5.75 Å². The lowest BCUT2D eigenvalue weighted by Crippen LogP contribution is -2.17. The van der Waals surface area contributed by atoms with Gasteiger partial charge in [0.05, 0.1) is 23.7 Å². The van der Waals surface area contributed by atoms with Gasteiger partial charge in [-0.05, 0) is 48.2 Å². The van der Waals surface area contributed by atoms with Crippen molar-refractivity contribution in [3.63, 3.8) is 0 Å². The lowest BCUT2D eigenvalue weighted by Gasteiger charge is -2.06. The molecule has 0 aliphatic rings. The summed E-state index contributed by atoms with van der Waals surface area (Å²) in [5.41, 5.74) is 4.32. The number of amides is 1. The minimum absolute atomic E-state index is 0.153. The molecule has 0 unspecified atom stereocenters. The van der Waals surface area contributed by atoms with Crippen molar-refractivity contribution >= 4 is 27.5 Å². The van der Waals surface area contributed by atoms with Gasteiger partial charge >= 0.3 is 0 Å². The summed E-state index contributed by atoms with van der Waals surface area (Å²) >= 11 is 1.55. The van der Waals surface area contributed by atoms with Crippen molar-refractivity contribution in [1.82, 2.24) is 4.57 Å². The molecular formula is C22H24N2O2S. The molecule has 1 heterocycles. The van der Waals surface area contributed by atoms with Gasteiger partial charge in [-0.25, -0.2) is 0 Å². The lowest BCUT2D eigenvalue weighted by molar-refractivity contribution is -0.117. The van der Waals surface area contributed by atoms with E-state index < -0.39 is 0 Å². The van der Waals surface area contributed by atoms with Gasteiger partial charge in [0.2, 0.25) is 0 Å². The van der Waals surface area contributed by atoms with Gasteiger partial charge < -0.3 is 9.30 Å². The van der Waals surface area contributed by atoms with E-state index in [0.717, 1.165) is 33.5 Å². The molecule has 0 radical (unpaired) electrons. The number of aryl methyl sites for hydroxylation is 2. The SMILES string of the molecule is C=CCn1c(=NC(=O)Cc2ccc(OC)c(C)c2)sc2cc(CC)ccc21. The molecule has 1 amide bonds. The largest absolute Gasteiger partial charge is 0.496 e. The number of carbonyl (C=O) groups is 1. The molecule has 5 heteroatoms. The number of allylic oxidation sites excluding steroid dienone is 1. The minimum Gasteiger partial charge on any atom is -0.496 e. The monoisotopic (exact) mass is 380 g/mol.